The first kappa shape index (κ1) is 14.8. The van der Waals surface area contributed by atoms with Gasteiger partial charge in [-0.15, -0.1) is 11.3 Å². The van der Waals surface area contributed by atoms with Crippen LogP contribution in [0.1, 0.15) is 25.1 Å². The van der Waals surface area contributed by atoms with E-state index in [2.05, 4.69) is 10.3 Å². The Morgan fingerprint density at radius 3 is 2.85 bits per heavy atom. The third kappa shape index (κ3) is 2.77. The zero-order chi connectivity index (χ0) is 14.8. The standard InChI is InChI=1S/C13H19N3O3S/c1-9(2)13(11(17)18)3-4-16(7-13)12(19)15-6-10-5-14-8-20-10/h5,8-9H,3-4,6-7H2,1-2H3,(H,15,19)(H,17,18). The Morgan fingerprint density at radius 1 is 1.60 bits per heavy atom. The number of aromatic nitrogens is 1. The summed E-state index contributed by atoms with van der Waals surface area (Å²) in [6, 6.07) is -0.206. The number of rotatable bonds is 4. The van der Waals surface area contributed by atoms with E-state index in [9.17, 15) is 14.7 Å². The van der Waals surface area contributed by atoms with Crippen molar-refractivity contribution < 1.29 is 14.7 Å². The lowest BCUT2D eigenvalue weighted by Crippen LogP contribution is -2.43. The first-order valence-electron chi connectivity index (χ1n) is 6.59. The molecule has 1 aliphatic heterocycles. The zero-order valence-corrected chi connectivity index (χ0v) is 12.4. The van der Waals surface area contributed by atoms with Crippen molar-refractivity contribution >= 4 is 23.3 Å². The number of aliphatic carboxylic acids is 1. The molecule has 110 valence electrons. The number of amides is 2. The van der Waals surface area contributed by atoms with Crippen LogP contribution < -0.4 is 5.32 Å². The summed E-state index contributed by atoms with van der Waals surface area (Å²) in [6.45, 7) is 4.98. The highest BCUT2D eigenvalue weighted by molar-refractivity contribution is 7.09. The van der Waals surface area contributed by atoms with Crippen LogP contribution >= 0.6 is 11.3 Å². The molecule has 0 radical (unpaired) electrons. The molecule has 0 aliphatic carbocycles. The average Bonchev–Trinajstić information content (AvgIpc) is 3.05. The molecule has 1 aromatic heterocycles. The molecule has 2 heterocycles. The van der Waals surface area contributed by atoms with Gasteiger partial charge in [0.2, 0.25) is 0 Å². The fourth-order valence-electron chi connectivity index (χ4n) is 2.50. The number of carbonyl (C=O) groups is 2. The van der Waals surface area contributed by atoms with Crippen LogP contribution in [0, 0.1) is 11.3 Å². The highest BCUT2D eigenvalue weighted by Crippen LogP contribution is 2.38. The SMILES string of the molecule is CC(C)C1(C(=O)O)CCN(C(=O)NCc2cncs2)C1. The molecule has 2 amide bonds. The molecule has 7 heteroatoms. The van der Waals surface area contributed by atoms with Crippen LogP contribution in [0.3, 0.4) is 0 Å². The molecular weight excluding hydrogens is 278 g/mol. The van der Waals surface area contributed by atoms with Crippen molar-refractivity contribution in [2.24, 2.45) is 11.3 Å². The van der Waals surface area contributed by atoms with E-state index in [0.29, 0.717) is 19.5 Å². The van der Waals surface area contributed by atoms with Crippen molar-refractivity contribution in [2.45, 2.75) is 26.8 Å². The lowest BCUT2D eigenvalue weighted by Gasteiger charge is -2.28. The summed E-state index contributed by atoms with van der Waals surface area (Å²) in [5, 5.41) is 12.3. The smallest absolute Gasteiger partial charge is 0.317 e. The number of nitrogens with one attached hydrogen (secondary N) is 1. The van der Waals surface area contributed by atoms with Crippen LogP contribution in [0.15, 0.2) is 11.7 Å². The van der Waals surface area contributed by atoms with Crippen LogP contribution in [0.2, 0.25) is 0 Å². The third-order valence-electron chi connectivity index (χ3n) is 4.02. The number of hydrogen-bond acceptors (Lipinski definition) is 4. The fourth-order valence-corrected chi connectivity index (χ4v) is 3.04. The van der Waals surface area contributed by atoms with Gasteiger partial charge in [-0.05, 0) is 12.3 Å². The summed E-state index contributed by atoms with van der Waals surface area (Å²) in [6.07, 6.45) is 2.22. The maximum absolute atomic E-state index is 12.1. The maximum Gasteiger partial charge on any atom is 0.317 e. The van der Waals surface area contributed by atoms with Gasteiger partial charge >= 0.3 is 12.0 Å². The van der Waals surface area contributed by atoms with Gasteiger partial charge in [-0.25, -0.2) is 4.79 Å². The molecule has 1 saturated heterocycles. The Morgan fingerprint density at radius 2 is 2.35 bits per heavy atom. The third-order valence-corrected chi connectivity index (χ3v) is 4.80. The minimum atomic E-state index is -0.818. The molecule has 0 saturated carbocycles. The van der Waals surface area contributed by atoms with Crippen LogP contribution in [-0.4, -0.2) is 40.1 Å². The number of thiazole rings is 1. The molecule has 1 atom stereocenters. The number of carboxylic acid groups (broad SMARTS) is 1. The Kier molecular flexibility index (Phi) is 4.27. The molecule has 6 nitrogen and oxygen atoms in total. The van der Waals surface area contributed by atoms with E-state index in [1.807, 2.05) is 13.8 Å². The summed E-state index contributed by atoms with van der Waals surface area (Å²) < 4.78 is 0. The Bertz CT molecular complexity index is 489. The van der Waals surface area contributed by atoms with Gasteiger partial charge in [-0.3, -0.25) is 9.78 Å². The quantitative estimate of drug-likeness (QED) is 0.887. The molecule has 20 heavy (non-hydrogen) atoms. The summed E-state index contributed by atoms with van der Waals surface area (Å²) in [4.78, 5) is 30.1. The van der Waals surface area contributed by atoms with Gasteiger partial charge in [-0.2, -0.15) is 0 Å². The van der Waals surface area contributed by atoms with Gasteiger partial charge in [0.1, 0.15) is 0 Å². The second-order valence-electron chi connectivity index (χ2n) is 5.41. The largest absolute Gasteiger partial charge is 0.481 e. The van der Waals surface area contributed by atoms with Gasteiger partial charge in [0.15, 0.2) is 0 Å². The number of carbonyl (C=O) groups excluding carboxylic acids is 1. The van der Waals surface area contributed by atoms with Crippen molar-refractivity contribution in [3.05, 3.63) is 16.6 Å². The highest BCUT2D eigenvalue weighted by atomic mass is 32.1. The molecule has 1 unspecified atom stereocenters. The number of urea groups is 1. The summed E-state index contributed by atoms with van der Waals surface area (Å²) >= 11 is 1.48. The van der Waals surface area contributed by atoms with E-state index in [-0.39, 0.29) is 18.5 Å². The van der Waals surface area contributed by atoms with E-state index in [1.165, 1.54) is 11.3 Å². The molecule has 0 bridgehead atoms. The Labute approximate surface area is 121 Å². The number of nitrogens with zero attached hydrogens (tertiary/aromatic N) is 2. The number of hydrogen-bond donors (Lipinski definition) is 2. The van der Waals surface area contributed by atoms with Gasteiger partial charge in [0, 0.05) is 24.2 Å². The zero-order valence-electron chi connectivity index (χ0n) is 11.6. The van der Waals surface area contributed by atoms with Crippen molar-refractivity contribution in [1.82, 2.24) is 15.2 Å². The summed E-state index contributed by atoms with van der Waals surface area (Å²) in [5.41, 5.74) is 0.896. The summed E-state index contributed by atoms with van der Waals surface area (Å²) in [7, 11) is 0. The normalized spacial score (nSPS) is 22.2. The van der Waals surface area contributed by atoms with Crippen LogP contribution in [0.4, 0.5) is 4.79 Å². The van der Waals surface area contributed by atoms with Gasteiger partial charge in [0.05, 0.1) is 17.5 Å². The minimum Gasteiger partial charge on any atom is -0.481 e. The average molecular weight is 297 g/mol. The molecule has 1 aliphatic rings. The van der Waals surface area contributed by atoms with Crippen molar-refractivity contribution in [2.75, 3.05) is 13.1 Å². The highest BCUT2D eigenvalue weighted by Gasteiger charge is 2.48. The van der Waals surface area contributed by atoms with E-state index < -0.39 is 11.4 Å². The van der Waals surface area contributed by atoms with Gasteiger partial charge < -0.3 is 15.3 Å². The molecule has 1 fully saturated rings. The fraction of sp³-hybridized carbons (Fsp3) is 0.615. The topological polar surface area (TPSA) is 82.5 Å². The van der Waals surface area contributed by atoms with Crippen LogP contribution in [0.25, 0.3) is 0 Å². The Hall–Kier alpha value is -1.63. The second kappa shape index (κ2) is 5.78. The monoisotopic (exact) mass is 297 g/mol. The van der Waals surface area contributed by atoms with Crippen LogP contribution in [-0.2, 0) is 11.3 Å². The number of likely N-dealkylation sites (tertiary alicyclic amines) is 1. The molecule has 2 N–H and O–H groups in total. The van der Waals surface area contributed by atoms with E-state index in [4.69, 9.17) is 0 Å². The predicted molar refractivity (Wildman–Crippen MR) is 75.4 cm³/mol. The maximum atomic E-state index is 12.1. The van der Waals surface area contributed by atoms with Crippen molar-refractivity contribution in [3.63, 3.8) is 0 Å². The lowest BCUT2D eigenvalue weighted by molar-refractivity contribution is -0.150. The first-order valence-corrected chi connectivity index (χ1v) is 7.47. The van der Waals surface area contributed by atoms with Gasteiger partial charge in [0.25, 0.3) is 0 Å². The first-order chi connectivity index (χ1) is 9.45. The van der Waals surface area contributed by atoms with E-state index in [1.54, 1.807) is 16.6 Å². The molecule has 2 rings (SSSR count). The predicted octanol–water partition coefficient (Wildman–Crippen LogP) is 1.79. The molecular formula is C13H19N3O3S. The lowest BCUT2D eigenvalue weighted by atomic mass is 9.76. The summed E-state index contributed by atoms with van der Waals surface area (Å²) in [5.74, 6) is -0.815. The Balaban J connectivity index is 1.94. The molecule has 0 aromatic carbocycles. The molecule has 0 spiro atoms. The molecule has 1 aromatic rings. The van der Waals surface area contributed by atoms with Crippen LogP contribution in [0.5, 0.6) is 0 Å². The van der Waals surface area contributed by atoms with Crippen molar-refractivity contribution in [1.29, 1.82) is 0 Å². The number of carboxylic acids is 1. The van der Waals surface area contributed by atoms with E-state index in [0.717, 1.165) is 4.88 Å². The minimum absolute atomic E-state index is 0.000652. The van der Waals surface area contributed by atoms with E-state index >= 15 is 0 Å². The van der Waals surface area contributed by atoms with Crippen molar-refractivity contribution in [3.8, 4) is 0 Å². The second-order valence-corrected chi connectivity index (χ2v) is 6.38. The van der Waals surface area contributed by atoms with Gasteiger partial charge in [-0.1, -0.05) is 13.8 Å².